The van der Waals surface area contributed by atoms with Crippen molar-refractivity contribution >= 4 is 57.9 Å². The molecule has 4 rings (SSSR count). The van der Waals surface area contributed by atoms with E-state index >= 15 is 0 Å². The van der Waals surface area contributed by atoms with Gasteiger partial charge in [-0.1, -0.05) is 29.3 Å². The number of carbonyl (C=O) groups is 2. The highest BCUT2D eigenvalue weighted by molar-refractivity contribution is 8.18. The third-order valence-electron chi connectivity index (χ3n) is 5.39. The molecule has 0 aliphatic carbocycles. The molecule has 2 amide bonds. The third kappa shape index (κ3) is 4.34. The first kappa shape index (κ1) is 24.0. The summed E-state index contributed by atoms with van der Waals surface area (Å²) in [4.78, 5) is 37.3. The lowest BCUT2D eigenvalue weighted by molar-refractivity contribution is -0.384. The van der Waals surface area contributed by atoms with Gasteiger partial charge in [-0.2, -0.15) is 0 Å². The van der Waals surface area contributed by atoms with E-state index < -0.39 is 21.9 Å². The number of rotatable bonds is 5. The Hall–Kier alpha value is -3.14. The smallest absolute Gasteiger partial charge is 0.293 e. The van der Waals surface area contributed by atoms with Gasteiger partial charge in [-0.05, 0) is 67.6 Å². The molecule has 0 saturated carbocycles. The molecular formula is C23H16Cl2FN3O4S. The number of carbonyl (C=O) groups excluding carboxylic acids is 2. The first-order valence-corrected chi connectivity index (χ1v) is 11.5. The maximum Gasteiger partial charge on any atom is 0.293 e. The fourth-order valence-corrected chi connectivity index (χ4v) is 4.97. The van der Waals surface area contributed by atoms with Crippen LogP contribution >= 0.6 is 35.0 Å². The number of benzene rings is 2. The number of nitro benzene ring substituents is 1. The Kier molecular flexibility index (Phi) is 6.53. The van der Waals surface area contributed by atoms with E-state index in [1.165, 1.54) is 30.3 Å². The Balaban J connectivity index is 1.67. The van der Waals surface area contributed by atoms with Crippen LogP contribution < -0.4 is 0 Å². The van der Waals surface area contributed by atoms with Gasteiger partial charge in [0, 0.05) is 28.0 Å². The van der Waals surface area contributed by atoms with Gasteiger partial charge in [-0.25, -0.2) is 4.39 Å². The second-order valence-electron chi connectivity index (χ2n) is 7.52. The van der Waals surface area contributed by atoms with Crippen LogP contribution in [0.1, 0.15) is 22.5 Å². The van der Waals surface area contributed by atoms with Crippen LogP contribution in [0.4, 0.5) is 14.9 Å². The largest absolute Gasteiger partial charge is 0.318 e. The zero-order valence-electron chi connectivity index (χ0n) is 17.8. The fourth-order valence-electron chi connectivity index (χ4n) is 3.73. The zero-order chi connectivity index (χ0) is 24.7. The normalized spacial score (nSPS) is 15.0. The number of nitrogens with zero attached hydrogens (tertiary/aromatic N) is 3. The van der Waals surface area contributed by atoms with Gasteiger partial charge in [0.05, 0.1) is 22.1 Å². The highest BCUT2D eigenvalue weighted by Gasteiger charge is 2.36. The molecule has 1 aliphatic rings. The first-order chi connectivity index (χ1) is 16.1. The van der Waals surface area contributed by atoms with Crippen LogP contribution in [0.3, 0.4) is 0 Å². The molecule has 7 nitrogen and oxygen atoms in total. The molecule has 2 aromatic carbocycles. The van der Waals surface area contributed by atoms with E-state index in [1.54, 1.807) is 29.7 Å². The number of amides is 2. The van der Waals surface area contributed by atoms with Crippen molar-refractivity contribution in [2.24, 2.45) is 0 Å². The van der Waals surface area contributed by atoms with Gasteiger partial charge in [0.2, 0.25) is 0 Å². The molecule has 34 heavy (non-hydrogen) atoms. The van der Waals surface area contributed by atoms with E-state index in [0.29, 0.717) is 16.9 Å². The van der Waals surface area contributed by atoms with E-state index in [0.717, 1.165) is 22.4 Å². The molecule has 1 aromatic heterocycles. The molecule has 174 valence electrons. The van der Waals surface area contributed by atoms with Crippen molar-refractivity contribution in [1.82, 2.24) is 9.47 Å². The summed E-state index contributed by atoms with van der Waals surface area (Å²) in [5.74, 6) is -1.16. The van der Waals surface area contributed by atoms with Crippen LogP contribution in [-0.4, -0.2) is 25.5 Å². The van der Waals surface area contributed by atoms with Gasteiger partial charge < -0.3 is 4.57 Å². The second kappa shape index (κ2) is 9.25. The number of nitro groups is 1. The van der Waals surface area contributed by atoms with Gasteiger partial charge >= 0.3 is 0 Å². The van der Waals surface area contributed by atoms with Crippen LogP contribution in [0.15, 0.2) is 47.4 Å². The zero-order valence-corrected chi connectivity index (χ0v) is 20.2. The Morgan fingerprint density at radius 2 is 1.85 bits per heavy atom. The summed E-state index contributed by atoms with van der Waals surface area (Å²) in [6.45, 7) is 3.33. The summed E-state index contributed by atoms with van der Waals surface area (Å²) in [5.41, 5.74) is 2.50. The predicted molar refractivity (Wildman–Crippen MR) is 130 cm³/mol. The van der Waals surface area contributed by atoms with Crippen molar-refractivity contribution in [3.05, 3.63) is 95.9 Å². The SMILES string of the molecule is Cc1cc(/C=C2\SC(=O)N(Cc3c(F)cccc3Cl)C2=O)c(C)n1-c1ccc(Cl)c([N+](=O)[O-])c1. The summed E-state index contributed by atoms with van der Waals surface area (Å²) in [6.07, 6.45) is 1.58. The monoisotopic (exact) mass is 519 g/mol. The number of aryl methyl sites for hydroxylation is 1. The predicted octanol–water partition coefficient (Wildman–Crippen LogP) is 6.68. The van der Waals surface area contributed by atoms with Crippen LogP contribution in [0.2, 0.25) is 10.0 Å². The summed E-state index contributed by atoms with van der Waals surface area (Å²) in [5, 5.41) is 10.9. The summed E-state index contributed by atoms with van der Waals surface area (Å²) in [6, 6.07) is 10.4. The molecule has 11 heteroatoms. The van der Waals surface area contributed by atoms with Crippen LogP contribution in [0, 0.1) is 29.8 Å². The van der Waals surface area contributed by atoms with E-state index in [1.807, 2.05) is 6.92 Å². The second-order valence-corrected chi connectivity index (χ2v) is 9.33. The van der Waals surface area contributed by atoms with Crippen LogP contribution in [0.5, 0.6) is 0 Å². The standard InChI is InChI=1S/C23H16Cl2FN3O4S/c1-12-8-14(13(2)28(12)15-6-7-18(25)20(10-15)29(32)33)9-21-22(30)27(23(31)34-21)11-16-17(24)4-3-5-19(16)26/h3-10H,11H2,1-2H3/b21-9-. The van der Waals surface area contributed by atoms with Gasteiger partial charge in [-0.3, -0.25) is 24.6 Å². The molecule has 0 unspecified atom stereocenters. The Morgan fingerprint density at radius 1 is 1.12 bits per heavy atom. The lowest BCUT2D eigenvalue weighted by atomic mass is 10.2. The third-order valence-corrected chi connectivity index (χ3v) is 6.97. The van der Waals surface area contributed by atoms with Gasteiger partial charge in [-0.15, -0.1) is 0 Å². The minimum Gasteiger partial charge on any atom is -0.318 e. The first-order valence-electron chi connectivity index (χ1n) is 9.90. The van der Waals surface area contributed by atoms with Crippen molar-refractivity contribution in [2.45, 2.75) is 20.4 Å². The van der Waals surface area contributed by atoms with Crippen LogP contribution in [0.25, 0.3) is 11.8 Å². The summed E-state index contributed by atoms with van der Waals surface area (Å²) in [7, 11) is 0. The molecule has 1 saturated heterocycles. The number of hydrogen-bond donors (Lipinski definition) is 0. The van der Waals surface area contributed by atoms with Crippen molar-refractivity contribution in [3.8, 4) is 5.69 Å². The number of imide groups is 1. The van der Waals surface area contributed by atoms with E-state index in [2.05, 4.69) is 0 Å². The van der Waals surface area contributed by atoms with Crippen LogP contribution in [-0.2, 0) is 11.3 Å². The Labute approximate surface area is 207 Å². The molecule has 2 heterocycles. The van der Waals surface area contributed by atoms with Crippen molar-refractivity contribution in [1.29, 1.82) is 0 Å². The fraction of sp³-hybridized carbons (Fsp3) is 0.130. The molecule has 0 atom stereocenters. The van der Waals surface area contributed by atoms with Gasteiger partial charge in [0.1, 0.15) is 10.8 Å². The molecular weight excluding hydrogens is 504 g/mol. The number of halogens is 3. The Bertz CT molecular complexity index is 1380. The van der Waals surface area contributed by atoms with Gasteiger partial charge in [0.15, 0.2) is 0 Å². The molecule has 3 aromatic rings. The van der Waals surface area contributed by atoms with Crippen molar-refractivity contribution in [3.63, 3.8) is 0 Å². The minimum absolute atomic E-state index is 0.0278. The number of aromatic nitrogens is 1. The molecule has 0 N–H and O–H groups in total. The lowest BCUT2D eigenvalue weighted by Gasteiger charge is -2.14. The number of thioether (sulfide) groups is 1. The highest BCUT2D eigenvalue weighted by atomic mass is 35.5. The van der Waals surface area contributed by atoms with Crippen molar-refractivity contribution < 1.29 is 18.9 Å². The minimum atomic E-state index is -0.601. The maximum atomic E-state index is 14.2. The van der Waals surface area contributed by atoms with E-state index in [4.69, 9.17) is 23.2 Å². The maximum absolute atomic E-state index is 14.2. The van der Waals surface area contributed by atoms with E-state index in [-0.39, 0.29) is 32.7 Å². The summed E-state index contributed by atoms with van der Waals surface area (Å²) < 4.78 is 15.9. The molecule has 0 bridgehead atoms. The molecule has 1 fully saturated rings. The quantitative estimate of drug-likeness (QED) is 0.213. The number of hydrogen-bond acceptors (Lipinski definition) is 5. The molecule has 0 spiro atoms. The average Bonchev–Trinajstić information content (AvgIpc) is 3.20. The molecule has 0 radical (unpaired) electrons. The lowest BCUT2D eigenvalue weighted by Crippen LogP contribution is -2.28. The van der Waals surface area contributed by atoms with E-state index in [9.17, 15) is 24.1 Å². The Morgan fingerprint density at radius 3 is 2.53 bits per heavy atom. The van der Waals surface area contributed by atoms with Crippen molar-refractivity contribution in [2.75, 3.05) is 0 Å². The molecule has 1 aliphatic heterocycles. The average molecular weight is 520 g/mol. The summed E-state index contributed by atoms with van der Waals surface area (Å²) >= 11 is 12.7. The topological polar surface area (TPSA) is 85.5 Å². The van der Waals surface area contributed by atoms with Gasteiger partial charge in [0.25, 0.3) is 16.8 Å². The highest BCUT2D eigenvalue weighted by Crippen LogP contribution is 2.36.